The van der Waals surface area contributed by atoms with Crippen LogP contribution in [0.3, 0.4) is 0 Å². The van der Waals surface area contributed by atoms with Crippen molar-refractivity contribution in [2.45, 2.75) is 23.8 Å². The third-order valence-corrected chi connectivity index (χ3v) is 4.88. The van der Waals surface area contributed by atoms with Gasteiger partial charge in [0.05, 0.1) is 16.7 Å². The maximum absolute atomic E-state index is 12.2. The van der Waals surface area contributed by atoms with Gasteiger partial charge >= 0.3 is 0 Å². The standard InChI is InChI=1S/C13H18N2O4S/c16-20(17,15-9-10-2-1-6-18-10)11-3-4-13-12(8-11)14-5-7-19-13/h3-4,8,10,14-15H,1-2,5-7,9H2. The lowest BCUT2D eigenvalue weighted by Crippen LogP contribution is -2.32. The first-order chi connectivity index (χ1) is 9.65. The summed E-state index contributed by atoms with van der Waals surface area (Å²) in [5, 5.41) is 3.13. The molecule has 1 aromatic rings. The highest BCUT2D eigenvalue weighted by atomic mass is 32.2. The lowest BCUT2D eigenvalue weighted by Gasteiger charge is -2.20. The Morgan fingerprint density at radius 3 is 3.05 bits per heavy atom. The van der Waals surface area contributed by atoms with Gasteiger partial charge in [-0.05, 0) is 31.0 Å². The summed E-state index contributed by atoms with van der Waals surface area (Å²) in [5.74, 6) is 0.689. The Balaban J connectivity index is 1.73. The third-order valence-electron chi connectivity index (χ3n) is 3.46. The van der Waals surface area contributed by atoms with E-state index in [4.69, 9.17) is 9.47 Å². The smallest absolute Gasteiger partial charge is 0.240 e. The van der Waals surface area contributed by atoms with Crippen LogP contribution < -0.4 is 14.8 Å². The second-order valence-corrected chi connectivity index (χ2v) is 6.69. The summed E-state index contributed by atoms with van der Waals surface area (Å²) in [5.41, 5.74) is 0.719. The molecular weight excluding hydrogens is 280 g/mol. The van der Waals surface area contributed by atoms with Crippen molar-refractivity contribution in [3.8, 4) is 5.75 Å². The van der Waals surface area contributed by atoms with Crippen molar-refractivity contribution < 1.29 is 17.9 Å². The van der Waals surface area contributed by atoms with E-state index < -0.39 is 10.0 Å². The van der Waals surface area contributed by atoms with Crippen molar-refractivity contribution in [1.82, 2.24) is 4.72 Å². The van der Waals surface area contributed by atoms with E-state index in [1.54, 1.807) is 18.2 Å². The zero-order chi connectivity index (χ0) is 14.0. The van der Waals surface area contributed by atoms with Gasteiger partial charge in [0.25, 0.3) is 0 Å². The van der Waals surface area contributed by atoms with Crippen molar-refractivity contribution in [2.24, 2.45) is 0 Å². The van der Waals surface area contributed by atoms with Gasteiger partial charge in [0.15, 0.2) is 0 Å². The minimum Gasteiger partial charge on any atom is -0.490 e. The molecule has 0 bridgehead atoms. The van der Waals surface area contributed by atoms with Gasteiger partial charge in [-0.15, -0.1) is 0 Å². The third kappa shape index (κ3) is 2.89. The Hall–Kier alpha value is -1.31. The van der Waals surface area contributed by atoms with Crippen molar-refractivity contribution in [3.05, 3.63) is 18.2 Å². The van der Waals surface area contributed by atoms with E-state index in [0.29, 0.717) is 32.1 Å². The molecule has 0 amide bonds. The molecule has 1 fully saturated rings. The van der Waals surface area contributed by atoms with E-state index in [0.717, 1.165) is 18.5 Å². The van der Waals surface area contributed by atoms with Crippen molar-refractivity contribution >= 4 is 15.7 Å². The van der Waals surface area contributed by atoms with Crippen LogP contribution in [0.5, 0.6) is 5.75 Å². The fraction of sp³-hybridized carbons (Fsp3) is 0.538. The van der Waals surface area contributed by atoms with E-state index in [2.05, 4.69) is 10.0 Å². The number of sulfonamides is 1. The number of nitrogens with one attached hydrogen (secondary N) is 2. The maximum atomic E-state index is 12.2. The number of benzene rings is 1. The summed E-state index contributed by atoms with van der Waals surface area (Å²) in [4.78, 5) is 0.243. The van der Waals surface area contributed by atoms with Crippen LogP contribution in [0, 0.1) is 0 Å². The molecule has 2 aliphatic heterocycles. The molecule has 1 atom stereocenters. The number of hydrogen-bond donors (Lipinski definition) is 2. The van der Waals surface area contributed by atoms with Gasteiger partial charge in [0.2, 0.25) is 10.0 Å². The molecule has 0 aliphatic carbocycles. The number of anilines is 1. The van der Waals surface area contributed by atoms with Gasteiger partial charge in [0.1, 0.15) is 12.4 Å². The second kappa shape index (κ2) is 5.59. The maximum Gasteiger partial charge on any atom is 0.240 e. The second-order valence-electron chi connectivity index (χ2n) is 4.92. The monoisotopic (exact) mass is 298 g/mol. The number of fused-ring (bicyclic) bond motifs is 1. The van der Waals surface area contributed by atoms with E-state index in [9.17, 15) is 8.42 Å². The predicted octanol–water partition coefficient (Wildman–Crippen LogP) is 0.948. The molecule has 7 heteroatoms. The molecule has 1 unspecified atom stereocenters. The van der Waals surface area contributed by atoms with E-state index >= 15 is 0 Å². The molecule has 1 aromatic carbocycles. The summed E-state index contributed by atoms with van der Waals surface area (Å²) in [6.07, 6.45) is 1.89. The number of rotatable bonds is 4. The average Bonchev–Trinajstić information content (AvgIpc) is 2.98. The molecule has 6 nitrogen and oxygen atoms in total. The number of hydrogen-bond acceptors (Lipinski definition) is 5. The summed E-state index contributed by atoms with van der Waals surface area (Å²) < 4.78 is 37.9. The zero-order valence-electron chi connectivity index (χ0n) is 11.1. The van der Waals surface area contributed by atoms with Crippen LogP contribution in [-0.4, -0.2) is 40.8 Å². The fourth-order valence-electron chi connectivity index (χ4n) is 2.38. The van der Waals surface area contributed by atoms with E-state index in [1.165, 1.54) is 0 Å². The Labute approximate surface area is 118 Å². The molecule has 0 saturated carbocycles. The number of ether oxygens (including phenoxy) is 2. The SMILES string of the molecule is O=S(=O)(NCC1CCCO1)c1ccc2c(c1)NCCO2. The van der Waals surface area contributed by atoms with Gasteiger partial charge < -0.3 is 14.8 Å². The zero-order valence-corrected chi connectivity index (χ0v) is 11.9. The Kier molecular flexibility index (Phi) is 3.82. The Morgan fingerprint density at radius 2 is 2.25 bits per heavy atom. The van der Waals surface area contributed by atoms with Crippen molar-refractivity contribution in [2.75, 3.05) is 31.6 Å². The van der Waals surface area contributed by atoms with Crippen LogP contribution >= 0.6 is 0 Å². The van der Waals surface area contributed by atoms with Crippen molar-refractivity contribution in [1.29, 1.82) is 0 Å². The molecule has 110 valence electrons. The van der Waals surface area contributed by atoms with Crippen molar-refractivity contribution in [3.63, 3.8) is 0 Å². The van der Waals surface area contributed by atoms with Crippen LogP contribution in [0.1, 0.15) is 12.8 Å². The van der Waals surface area contributed by atoms with Crippen LogP contribution in [0.2, 0.25) is 0 Å². The minimum absolute atomic E-state index is 0.0103. The molecule has 0 radical (unpaired) electrons. The molecule has 3 rings (SSSR count). The molecule has 20 heavy (non-hydrogen) atoms. The lowest BCUT2D eigenvalue weighted by molar-refractivity contribution is 0.114. The molecule has 2 heterocycles. The first-order valence-electron chi connectivity index (χ1n) is 6.77. The van der Waals surface area contributed by atoms with Crippen LogP contribution in [0.25, 0.3) is 0 Å². The van der Waals surface area contributed by atoms with Crippen LogP contribution in [0.4, 0.5) is 5.69 Å². The molecule has 2 aliphatic rings. The lowest BCUT2D eigenvalue weighted by atomic mass is 10.2. The highest BCUT2D eigenvalue weighted by Gasteiger charge is 2.21. The molecule has 0 aromatic heterocycles. The van der Waals surface area contributed by atoms with Gasteiger partial charge in [0, 0.05) is 19.7 Å². The molecule has 2 N–H and O–H groups in total. The highest BCUT2D eigenvalue weighted by Crippen LogP contribution is 2.29. The summed E-state index contributed by atoms with van der Waals surface area (Å²) in [6.45, 7) is 2.31. The molecular formula is C13H18N2O4S. The van der Waals surface area contributed by atoms with Crippen LogP contribution in [-0.2, 0) is 14.8 Å². The van der Waals surface area contributed by atoms with Gasteiger partial charge in [-0.25, -0.2) is 13.1 Å². The molecule has 0 spiro atoms. The summed E-state index contributed by atoms with van der Waals surface area (Å²) in [7, 11) is -3.51. The quantitative estimate of drug-likeness (QED) is 0.865. The first kappa shape index (κ1) is 13.7. The van der Waals surface area contributed by atoms with Gasteiger partial charge in [-0.1, -0.05) is 0 Å². The average molecular weight is 298 g/mol. The predicted molar refractivity (Wildman–Crippen MR) is 74.6 cm³/mol. The summed E-state index contributed by atoms with van der Waals surface area (Å²) >= 11 is 0. The van der Waals surface area contributed by atoms with E-state index in [1.807, 2.05) is 0 Å². The topological polar surface area (TPSA) is 76.7 Å². The Morgan fingerprint density at radius 1 is 1.35 bits per heavy atom. The summed E-state index contributed by atoms with van der Waals surface area (Å²) in [6, 6.07) is 4.85. The largest absolute Gasteiger partial charge is 0.490 e. The van der Waals surface area contributed by atoms with Gasteiger partial charge in [-0.2, -0.15) is 0 Å². The fourth-order valence-corrected chi connectivity index (χ4v) is 3.47. The molecule has 1 saturated heterocycles. The van der Waals surface area contributed by atoms with Crippen LogP contribution in [0.15, 0.2) is 23.1 Å². The first-order valence-corrected chi connectivity index (χ1v) is 8.25. The van der Waals surface area contributed by atoms with E-state index in [-0.39, 0.29) is 11.0 Å². The minimum atomic E-state index is -3.51. The van der Waals surface area contributed by atoms with Gasteiger partial charge in [-0.3, -0.25) is 0 Å². The normalized spacial score (nSPS) is 21.9. The highest BCUT2D eigenvalue weighted by molar-refractivity contribution is 7.89. The Bertz CT molecular complexity index is 582.